The van der Waals surface area contributed by atoms with E-state index in [1.807, 2.05) is 37.9 Å². The van der Waals surface area contributed by atoms with Crippen molar-refractivity contribution in [3.8, 4) is 5.75 Å². The second kappa shape index (κ2) is 8.96. The number of ether oxygens (including phenoxy) is 1. The zero-order valence-corrected chi connectivity index (χ0v) is 21.1. The van der Waals surface area contributed by atoms with E-state index in [1.165, 1.54) is 4.31 Å². The van der Waals surface area contributed by atoms with Gasteiger partial charge < -0.3 is 19.7 Å². The predicted molar refractivity (Wildman–Crippen MR) is 136 cm³/mol. The number of benzene rings is 2. The molecule has 5 rings (SSSR count). The van der Waals surface area contributed by atoms with E-state index in [9.17, 15) is 18.3 Å². The molecule has 8 nitrogen and oxygen atoms in total. The van der Waals surface area contributed by atoms with E-state index in [0.717, 1.165) is 40.7 Å². The van der Waals surface area contributed by atoms with Gasteiger partial charge in [0.1, 0.15) is 12.4 Å². The molecule has 2 atom stereocenters. The Labute approximate surface area is 205 Å². The van der Waals surface area contributed by atoms with Crippen LogP contribution in [0.4, 0.5) is 5.69 Å². The van der Waals surface area contributed by atoms with Crippen LogP contribution >= 0.6 is 0 Å². The molecular weight excluding hydrogens is 466 g/mol. The molecule has 1 aromatic heterocycles. The lowest BCUT2D eigenvalue weighted by Gasteiger charge is -2.31. The summed E-state index contributed by atoms with van der Waals surface area (Å²) in [4.78, 5) is 18.1. The SMILES string of the molecule is Cc1ccc(C)c2[nH]c(=O)c(CN(C3CCCC3O)S(=O)(=O)c3ccc4c(c3)OCCN4C)cc12. The Morgan fingerprint density at radius 3 is 2.66 bits per heavy atom. The standard InChI is InChI=1S/C26H31N3O5S/c1-16-7-8-17(2)25-20(16)13-18(26(31)27-25)15-29(21-5-4-6-23(21)30)35(32,33)19-9-10-22-24(14-19)34-12-11-28(22)3/h7-10,13-14,21,23,30H,4-6,11-12,15H2,1-3H3,(H,27,31). The Morgan fingerprint density at radius 2 is 1.91 bits per heavy atom. The molecule has 2 aromatic carbocycles. The maximum atomic E-state index is 14.0. The lowest BCUT2D eigenvalue weighted by atomic mass is 10.0. The summed E-state index contributed by atoms with van der Waals surface area (Å²) in [6, 6.07) is 9.99. The van der Waals surface area contributed by atoms with Crippen LogP contribution in [0.5, 0.6) is 5.75 Å². The van der Waals surface area contributed by atoms with Crippen molar-refractivity contribution in [2.75, 3.05) is 25.1 Å². The number of fused-ring (bicyclic) bond motifs is 2. The highest BCUT2D eigenvalue weighted by Crippen LogP contribution is 2.36. The monoisotopic (exact) mass is 497 g/mol. The first-order chi connectivity index (χ1) is 16.7. The minimum atomic E-state index is -4.03. The van der Waals surface area contributed by atoms with E-state index in [4.69, 9.17) is 4.74 Å². The summed E-state index contributed by atoms with van der Waals surface area (Å²) in [5.74, 6) is 0.515. The van der Waals surface area contributed by atoms with Crippen LogP contribution in [0.2, 0.25) is 0 Å². The van der Waals surface area contributed by atoms with Crippen LogP contribution in [-0.2, 0) is 16.6 Å². The number of nitrogens with one attached hydrogen (secondary N) is 1. The number of likely N-dealkylation sites (N-methyl/N-ethyl adjacent to an activating group) is 1. The predicted octanol–water partition coefficient (Wildman–Crippen LogP) is 3.08. The number of hydrogen-bond acceptors (Lipinski definition) is 6. The summed E-state index contributed by atoms with van der Waals surface area (Å²) in [5, 5.41) is 11.6. The highest BCUT2D eigenvalue weighted by atomic mass is 32.2. The van der Waals surface area contributed by atoms with Crippen molar-refractivity contribution in [1.29, 1.82) is 0 Å². The molecule has 35 heavy (non-hydrogen) atoms. The normalized spacial score (nSPS) is 20.3. The molecule has 1 saturated carbocycles. The van der Waals surface area contributed by atoms with E-state index in [1.54, 1.807) is 24.3 Å². The lowest BCUT2D eigenvalue weighted by Crippen LogP contribution is -2.44. The summed E-state index contributed by atoms with van der Waals surface area (Å²) in [6.45, 7) is 4.97. The Balaban J connectivity index is 1.59. The number of aryl methyl sites for hydroxylation is 2. The quantitative estimate of drug-likeness (QED) is 0.562. The van der Waals surface area contributed by atoms with Gasteiger partial charge in [-0.2, -0.15) is 4.31 Å². The molecule has 186 valence electrons. The first kappa shape index (κ1) is 23.8. The van der Waals surface area contributed by atoms with E-state index < -0.39 is 22.2 Å². The van der Waals surface area contributed by atoms with Crippen molar-refractivity contribution in [2.24, 2.45) is 0 Å². The summed E-state index contributed by atoms with van der Waals surface area (Å²) >= 11 is 0. The fourth-order valence-corrected chi connectivity index (χ4v) is 6.85. The third kappa shape index (κ3) is 4.22. The molecule has 2 N–H and O–H groups in total. The smallest absolute Gasteiger partial charge is 0.252 e. The molecule has 1 aliphatic carbocycles. The second-order valence-electron chi connectivity index (χ2n) is 9.63. The lowest BCUT2D eigenvalue weighted by molar-refractivity contribution is 0.110. The Hall–Kier alpha value is -2.88. The average molecular weight is 498 g/mol. The number of hydrogen-bond donors (Lipinski definition) is 2. The third-order valence-corrected chi connectivity index (χ3v) is 9.16. The Morgan fingerprint density at radius 1 is 1.14 bits per heavy atom. The summed E-state index contributed by atoms with van der Waals surface area (Å²) in [5.41, 5.74) is 3.56. The van der Waals surface area contributed by atoms with E-state index >= 15 is 0 Å². The highest BCUT2D eigenvalue weighted by molar-refractivity contribution is 7.89. The number of H-pyrrole nitrogens is 1. The van der Waals surface area contributed by atoms with Crippen LogP contribution in [0.1, 0.15) is 36.0 Å². The molecule has 0 spiro atoms. The van der Waals surface area contributed by atoms with E-state index in [0.29, 0.717) is 30.8 Å². The number of aromatic amines is 1. The zero-order chi connectivity index (χ0) is 24.9. The summed E-state index contributed by atoms with van der Waals surface area (Å²) in [6.07, 6.45) is 1.01. The molecule has 1 fully saturated rings. The maximum absolute atomic E-state index is 14.0. The van der Waals surface area contributed by atoms with Gasteiger partial charge >= 0.3 is 0 Å². The molecule has 2 aliphatic rings. The van der Waals surface area contributed by atoms with Gasteiger partial charge in [-0.3, -0.25) is 4.79 Å². The van der Waals surface area contributed by atoms with Crippen molar-refractivity contribution in [3.63, 3.8) is 0 Å². The molecule has 0 amide bonds. The fourth-order valence-electron chi connectivity index (χ4n) is 5.18. The Kier molecular flexibility index (Phi) is 6.11. The molecule has 0 saturated heterocycles. The van der Waals surface area contributed by atoms with Crippen LogP contribution in [0.15, 0.2) is 46.1 Å². The van der Waals surface area contributed by atoms with Crippen molar-refractivity contribution in [1.82, 2.24) is 9.29 Å². The number of rotatable bonds is 5. The van der Waals surface area contributed by atoms with Gasteiger partial charge in [0.15, 0.2) is 0 Å². The van der Waals surface area contributed by atoms with Gasteiger partial charge in [0.2, 0.25) is 10.0 Å². The number of aliphatic hydroxyl groups excluding tert-OH is 1. The van der Waals surface area contributed by atoms with Crippen molar-refractivity contribution in [3.05, 3.63) is 63.4 Å². The largest absolute Gasteiger partial charge is 0.490 e. The molecule has 1 aliphatic heterocycles. The average Bonchev–Trinajstić information content (AvgIpc) is 3.25. The van der Waals surface area contributed by atoms with E-state index in [-0.39, 0.29) is 17.0 Å². The number of pyridine rings is 1. The molecule has 3 aromatic rings. The first-order valence-corrected chi connectivity index (χ1v) is 13.4. The zero-order valence-electron chi connectivity index (χ0n) is 20.2. The molecule has 0 radical (unpaired) electrons. The number of aromatic nitrogens is 1. The van der Waals surface area contributed by atoms with Crippen LogP contribution in [0.3, 0.4) is 0 Å². The molecular formula is C26H31N3O5S. The fraction of sp³-hybridized carbons (Fsp3) is 0.423. The number of aliphatic hydroxyl groups is 1. The summed E-state index contributed by atoms with van der Waals surface area (Å²) in [7, 11) is -2.10. The Bertz CT molecular complexity index is 1450. The number of nitrogens with zero attached hydrogens (tertiary/aromatic N) is 2. The highest BCUT2D eigenvalue weighted by Gasteiger charge is 2.39. The van der Waals surface area contributed by atoms with Gasteiger partial charge in [-0.25, -0.2) is 8.42 Å². The number of sulfonamides is 1. The van der Waals surface area contributed by atoms with Crippen molar-refractivity contribution < 1.29 is 18.3 Å². The maximum Gasteiger partial charge on any atom is 0.252 e. The minimum absolute atomic E-state index is 0.0925. The first-order valence-electron chi connectivity index (χ1n) is 12.0. The van der Waals surface area contributed by atoms with Crippen LogP contribution < -0.4 is 15.2 Å². The van der Waals surface area contributed by atoms with Gasteiger partial charge in [0.05, 0.1) is 34.8 Å². The second-order valence-corrected chi connectivity index (χ2v) is 11.5. The van der Waals surface area contributed by atoms with Crippen LogP contribution in [0.25, 0.3) is 10.9 Å². The third-order valence-electron chi connectivity index (χ3n) is 7.29. The van der Waals surface area contributed by atoms with Gasteiger partial charge in [0, 0.05) is 30.6 Å². The van der Waals surface area contributed by atoms with Crippen LogP contribution in [-0.4, -0.2) is 55.2 Å². The van der Waals surface area contributed by atoms with E-state index in [2.05, 4.69) is 4.98 Å². The van der Waals surface area contributed by atoms with Crippen molar-refractivity contribution in [2.45, 2.75) is 56.7 Å². The minimum Gasteiger partial charge on any atom is -0.490 e. The van der Waals surface area contributed by atoms with Gasteiger partial charge in [-0.1, -0.05) is 12.1 Å². The molecule has 2 heterocycles. The number of anilines is 1. The van der Waals surface area contributed by atoms with Gasteiger partial charge in [0.25, 0.3) is 5.56 Å². The van der Waals surface area contributed by atoms with Crippen LogP contribution in [0, 0.1) is 13.8 Å². The van der Waals surface area contributed by atoms with Gasteiger partial charge in [-0.15, -0.1) is 0 Å². The van der Waals surface area contributed by atoms with Crippen molar-refractivity contribution >= 4 is 26.6 Å². The summed E-state index contributed by atoms with van der Waals surface area (Å²) < 4.78 is 35.0. The molecule has 0 bridgehead atoms. The molecule has 9 heteroatoms. The van der Waals surface area contributed by atoms with Gasteiger partial charge in [-0.05, 0) is 62.4 Å². The topological polar surface area (TPSA) is 103 Å². The molecule has 2 unspecified atom stereocenters.